The molecule has 0 bridgehead atoms. The number of nitrogens with zero attached hydrogens (tertiary/aromatic N) is 2. The number of aliphatic carboxylic acids is 1. The molecule has 2 aliphatic rings. The summed E-state index contributed by atoms with van der Waals surface area (Å²) in [5, 5.41) is 21.4. The molecular weight excluding hydrogens is 458 g/mol. The lowest BCUT2D eigenvalue weighted by Gasteiger charge is -2.35. The van der Waals surface area contributed by atoms with E-state index in [9.17, 15) is 4.79 Å². The van der Waals surface area contributed by atoms with Crippen LogP contribution >= 0.6 is 11.3 Å². The van der Waals surface area contributed by atoms with Gasteiger partial charge in [-0.3, -0.25) is 4.79 Å². The second-order valence-corrected chi connectivity index (χ2v) is 10.5. The Morgan fingerprint density at radius 1 is 1.06 bits per heavy atom. The molecular formula is C28H27N3O3S. The highest BCUT2D eigenvalue weighted by Crippen LogP contribution is 2.38. The zero-order valence-electron chi connectivity index (χ0n) is 19.7. The molecule has 1 fully saturated rings. The van der Waals surface area contributed by atoms with Gasteiger partial charge < -0.3 is 14.9 Å². The molecule has 0 radical (unpaired) electrons. The van der Waals surface area contributed by atoms with Gasteiger partial charge in [0.2, 0.25) is 5.82 Å². The number of hydrogen-bond donors (Lipinski definition) is 2. The van der Waals surface area contributed by atoms with E-state index in [-0.39, 0.29) is 12.0 Å². The number of rotatable bonds is 6. The molecule has 4 aromatic rings. The van der Waals surface area contributed by atoms with Crippen LogP contribution in [0, 0.1) is 19.8 Å². The summed E-state index contributed by atoms with van der Waals surface area (Å²) in [6.45, 7) is 4.25. The van der Waals surface area contributed by atoms with Crippen molar-refractivity contribution < 1.29 is 14.4 Å². The van der Waals surface area contributed by atoms with Crippen molar-refractivity contribution in [2.45, 2.75) is 51.6 Å². The number of thiophene rings is 1. The third kappa shape index (κ3) is 4.09. The SMILES string of the molecule is Cc1cc(-c2nc(-c3ccc4c(c3)CCC4N[C@H]3C[C@H](C(=O)O)C3)no2)ccc1-c1cscc1C. The second-order valence-electron chi connectivity index (χ2n) is 9.80. The van der Waals surface area contributed by atoms with E-state index in [1.54, 1.807) is 11.3 Å². The van der Waals surface area contributed by atoms with Crippen LogP contribution in [0.15, 0.2) is 51.7 Å². The number of carboxylic acid groups (broad SMARTS) is 1. The summed E-state index contributed by atoms with van der Waals surface area (Å²) in [5.74, 6) is 0.248. The van der Waals surface area contributed by atoms with Crippen LogP contribution < -0.4 is 5.32 Å². The Morgan fingerprint density at radius 2 is 1.89 bits per heavy atom. The van der Waals surface area contributed by atoms with E-state index in [1.165, 1.54) is 33.4 Å². The molecule has 6 nitrogen and oxygen atoms in total. The number of fused-ring (bicyclic) bond motifs is 1. The lowest BCUT2D eigenvalue weighted by molar-refractivity contribution is -0.145. The van der Waals surface area contributed by atoms with Crippen molar-refractivity contribution in [1.29, 1.82) is 0 Å². The van der Waals surface area contributed by atoms with Gasteiger partial charge in [0, 0.05) is 23.2 Å². The molecule has 0 spiro atoms. The standard InChI is InChI=1S/C28H27N3O3S/c1-15-9-19(4-6-22(15)24-14-35-13-16(24)2)27-30-26(31-34-27)18-3-7-23-17(10-18)5-8-25(23)29-21-11-20(12-21)28(32)33/h3-4,6-7,9-10,13-14,20-21,25,29H,5,8,11-12H2,1-2H3,(H,32,33)/t20-,21-,25?. The van der Waals surface area contributed by atoms with E-state index < -0.39 is 5.97 Å². The van der Waals surface area contributed by atoms with Crippen molar-refractivity contribution in [2.24, 2.45) is 5.92 Å². The summed E-state index contributed by atoms with van der Waals surface area (Å²) in [4.78, 5) is 15.8. The molecule has 178 valence electrons. The van der Waals surface area contributed by atoms with E-state index in [1.807, 2.05) is 6.07 Å². The largest absolute Gasteiger partial charge is 0.481 e. The fourth-order valence-electron chi connectivity index (χ4n) is 5.36. The first kappa shape index (κ1) is 22.2. The van der Waals surface area contributed by atoms with Gasteiger partial charge in [-0.2, -0.15) is 16.3 Å². The smallest absolute Gasteiger partial charge is 0.306 e. The number of carbonyl (C=O) groups is 1. The van der Waals surface area contributed by atoms with Crippen LogP contribution in [0.25, 0.3) is 34.0 Å². The summed E-state index contributed by atoms with van der Waals surface area (Å²) in [5.41, 5.74) is 9.44. The molecule has 1 atom stereocenters. The van der Waals surface area contributed by atoms with E-state index in [0.717, 1.165) is 36.8 Å². The molecule has 7 heteroatoms. The van der Waals surface area contributed by atoms with Crippen LogP contribution in [0.5, 0.6) is 0 Å². The first-order valence-electron chi connectivity index (χ1n) is 12.1. The molecule has 1 saturated carbocycles. The first-order valence-corrected chi connectivity index (χ1v) is 13.0. The molecule has 2 aromatic carbocycles. The Kier molecular flexibility index (Phi) is 5.54. The van der Waals surface area contributed by atoms with Gasteiger partial charge in [0.05, 0.1) is 5.92 Å². The fourth-order valence-corrected chi connectivity index (χ4v) is 6.21. The van der Waals surface area contributed by atoms with Crippen LogP contribution in [-0.2, 0) is 11.2 Å². The van der Waals surface area contributed by atoms with E-state index in [2.05, 4.69) is 65.4 Å². The molecule has 0 amide bonds. The fraction of sp³-hybridized carbons (Fsp3) is 0.321. The van der Waals surface area contributed by atoms with E-state index in [0.29, 0.717) is 17.8 Å². The van der Waals surface area contributed by atoms with Gasteiger partial charge >= 0.3 is 5.97 Å². The number of aromatic nitrogens is 2. The second kappa shape index (κ2) is 8.73. The van der Waals surface area contributed by atoms with Gasteiger partial charge in [-0.15, -0.1) is 0 Å². The topological polar surface area (TPSA) is 88.2 Å². The van der Waals surface area contributed by atoms with Gasteiger partial charge in [-0.25, -0.2) is 0 Å². The molecule has 35 heavy (non-hydrogen) atoms. The zero-order valence-corrected chi connectivity index (χ0v) is 20.6. The maximum absolute atomic E-state index is 11.1. The van der Waals surface area contributed by atoms with E-state index >= 15 is 0 Å². The van der Waals surface area contributed by atoms with Gasteiger partial charge in [0.1, 0.15) is 0 Å². The molecule has 2 aliphatic carbocycles. The quantitative estimate of drug-likeness (QED) is 0.339. The highest BCUT2D eigenvalue weighted by molar-refractivity contribution is 7.08. The molecule has 6 rings (SSSR count). The van der Waals surface area contributed by atoms with Crippen LogP contribution in [0.4, 0.5) is 0 Å². The van der Waals surface area contributed by atoms with Crippen molar-refractivity contribution in [3.63, 3.8) is 0 Å². The number of aryl methyl sites for hydroxylation is 3. The lowest BCUT2D eigenvalue weighted by Crippen LogP contribution is -2.45. The molecule has 2 aromatic heterocycles. The Hall–Kier alpha value is -3.29. The predicted octanol–water partition coefficient (Wildman–Crippen LogP) is 6.19. The van der Waals surface area contributed by atoms with Gasteiger partial charge in [-0.05, 0) is 102 Å². The van der Waals surface area contributed by atoms with Crippen molar-refractivity contribution in [3.05, 3.63) is 69.4 Å². The van der Waals surface area contributed by atoms with Gasteiger partial charge in [0.25, 0.3) is 5.89 Å². The number of carboxylic acids is 1. The predicted molar refractivity (Wildman–Crippen MR) is 136 cm³/mol. The average molecular weight is 486 g/mol. The summed E-state index contributed by atoms with van der Waals surface area (Å²) in [7, 11) is 0. The minimum absolute atomic E-state index is 0.192. The minimum Gasteiger partial charge on any atom is -0.481 e. The highest BCUT2D eigenvalue weighted by Gasteiger charge is 2.36. The van der Waals surface area contributed by atoms with Crippen molar-refractivity contribution in [1.82, 2.24) is 15.5 Å². The maximum atomic E-state index is 11.1. The summed E-state index contributed by atoms with van der Waals surface area (Å²) in [6.07, 6.45) is 3.46. The molecule has 1 unspecified atom stereocenters. The van der Waals surface area contributed by atoms with Crippen LogP contribution in [0.1, 0.15) is 47.6 Å². The van der Waals surface area contributed by atoms with Crippen LogP contribution in [0.2, 0.25) is 0 Å². The summed E-state index contributed by atoms with van der Waals surface area (Å²) >= 11 is 1.72. The Balaban J connectivity index is 1.18. The zero-order chi connectivity index (χ0) is 24.1. The summed E-state index contributed by atoms with van der Waals surface area (Å²) in [6, 6.07) is 13.2. The first-order chi connectivity index (χ1) is 17.0. The highest BCUT2D eigenvalue weighted by atomic mass is 32.1. The molecule has 0 saturated heterocycles. The number of hydrogen-bond acceptors (Lipinski definition) is 6. The van der Waals surface area contributed by atoms with Gasteiger partial charge in [-0.1, -0.05) is 23.4 Å². The summed E-state index contributed by atoms with van der Waals surface area (Å²) < 4.78 is 5.64. The Bertz CT molecular complexity index is 1420. The van der Waals surface area contributed by atoms with E-state index in [4.69, 9.17) is 14.6 Å². The molecule has 2 heterocycles. The molecule has 2 N–H and O–H groups in total. The average Bonchev–Trinajstić information content (AvgIpc) is 3.55. The van der Waals surface area contributed by atoms with Crippen molar-refractivity contribution >= 4 is 17.3 Å². The van der Waals surface area contributed by atoms with Crippen LogP contribution in [0.3, 0.4) is 0 Å². The third-order valence-electron chi connectivity index (χ3n) is 7.45. The number of benzene rings is 2. The molecule has 0 aliphatic heterocycles. The normalized spacial score (nSPS) is 21.0. The maximum Gasteiger partial charge on any atom is 0.306 e. The third-order valence-corrected chi connectivity index (χ3v) is 8.31. The van der Waals surface area contributed by atoms with Gasteiger partial charge in [0.15, 0.2) is 0 Å². The Morgan fingerprint density at radius 3 is 2.63 bits per heavy atom. The van der Waals surface area contributed by atoms with Crippen molar-refractivity contribution in [2.75, 3.05) is 0 Å². The lowest BCUT2D eigenvalue weighted by atomic mass is 9.80. The van der Waals surface area contributed by atoms with Crippen molar-refractivity contribution in [3.8, 4) is 34.0 Å². The van der Waals surface area contributed by atoms with Crippen LogP contribution in [-0.4, -0.2) is 27.3 Å². The number of nitrogens with one attached hydrogen (secondary N) is 1. The monoisotopic (exact) mass is 485 g/mol. The minimum atomic E-state index is -0.678. The Labute approximate surface area is 208 Å².